The number of hydrogen-bond acceptors (Lipinski definition) is 3. The molecule has 3 aromatic rings. The normalized spacial score (nSPS) is 10.6. The summed E-state index contributed by atoms with van der Waals surface area (Å²) in [6.45, 7) is 4.96. The number of carbonyl (C=O) groups excluding carboxylic acids is 1. The van der Waals surface area contributed by atoms with E-state index in [1.165, 1.54) is 0 Å². The lowest BCUT2D eigenvalue weighted by Gasteiger charge is -2.09. The molecule has 6 nitrogen and oxygen atoms in total. The zero-order valence-electron chi connectivity index (χ0n) is 15.6. The fraction of sp³-hybridized carbons (Fsp3) is 0.300. The Labute approximate surface area is 164 Å². The number of nitrogen functional groups attached to an aromatic ring is 1. The van der Waals surface area contributed by atoms with Crippen LogP contribution in [0.2, 0.25) is 0 Å². The van der Waals surface area contributed by atoms with Crippen molar-refractivity contribution >= 4 is 40.7 Å². The van der Waals surface area contributed by atoms with E-state index in [2.05, 4.69) is 5.32 Å². The number of nitrogens with zero attached hydrogens (tertiary/aromatic N) is 2. The zero-order valence-corrected chi connectivity index (χ0v) is 16.4. The highest BCUT2D eigenvalue weighted by Crippen LogP contribution is 2.19. The minimum Gasteiger partial charge on any atom is -0.399 e. The van der Waals surface area contributed by atoms with Gasteiger partial charge in [-0.1, -0.05) is 25.1 Å². The molecule has 2 aromatic carbocycles. The summed E-state index contributed by atoms with van der Waals surface area (Å²) in [5.41, 5.74) is 9.74. The van der Waals surface area contributed by atoms with Gasteiger partial charge in [0.25, 0.3) is 0 Å². The average Bonchev–Trinajstić information content (AvgIpc) is 2.89. The lowest BCUT2D eigenvalue weighted by atomic mass is 10.2. The highest BCUT2D eigenvalue weighted by molar-refractivity contribution is 5.92. The highest BCUT2D eigenvalue weighted by Gasteiger charge is 2.13. The van der Waals surface area contributed by atoms with Gasteiger partial charge in [-0.25, -0.2) is 4.79 Å². The van der Waals surface area contributed by atoms with Gasteiger partial charge in [0.1, 0.15) is 0 Å². The van der Waals surface area contributed by atoms with E-state index in [1.54, 1.807) is 21.3 Å². The van der Waals surface area contributed by atoms with E-state index < -0.39 is 0 Å². The molecule has 0 unspecified atom stereocenters. The molecule has 0 radical (unpaired) electrons. The molecule has 0 saturated heterocycles. The molecule has 0 aliphatic heterocycles. The molecule has 0 aliphatic rings. The molecule has 0 atom stereocenters. The molecular weight excluding hydrogens is 364 g/mol. The Morgan fingerprint density at radius 1 is 1.07 bits per heavy atom. The van der Waals surface area contributed by atoms with Gasteiger partial charge in [-0.05, 0) is 43.2 Å². The number of carbonyl (C=O) groups is 1. The number of aromatic nitrogens is 2. The summed E-state index contributed by atoms with van der Waals surface area (Å²) >= 11 is 0. The van der Waals surface area contributed by atoms with Crippen LogP contribution in [0.15, 0.2) is 47.3 Å². The number of anilines is 2. The number of aryl methyl sites for hydroxylation is 3. The van der Waals surface area contributed by atoms with Crippen LogP contribution in [-0.2, 0) is 17.9 Å². The molecular formula is C20H25ClN4O2. The fourth-order valence-electron chi connectivity index (χ4n) is 3.13. The third-order valence-electron chi connectivity index (χ3n) is 4.47. The van der Waals surface area contributed by atoms with E-state index in [4.69, 9.17) is 5.73 Å². The van der Waals surface area contributed by atoms with E-state index >= 15 is 0 Å². The van der Waals surface area contributed by atoms with Crippen LogP contribution >= 0.6 is 12.4 Å². The maximum Gasteiger partial charge on any atom is 0.329 e. The van der Waals surface area contributed by atoms with Gasteiger partial charge in [0.15, 0.2) is 0 Å². The zero-order chi connectivity index (χ0) is 18.7. The molecule has 1 aromatic heterocycles. The number of benzene rings is 2. The SMILES string of the molecule is CCCn1c(=O)n(CCC(=O)Nc2cc(N)ccc2C)c2ccccc21.Cl. The number of nitrogens with two attached hydrogens (primary N) is 1. The number of imidazole rings is 1. The fourth-order valence-corrected chi connectivity index (χ4v) is 3.13. The lowest BCUT2D eigenvalue weighted by molar-refractivity contribution is -0.116. The van der Waals surface area contributed by atoms with Crippen molar-refractivity contribution in [3.05, 3.63) is 58.5 Å². The monoisotopic (exact) mass is 388 g/mol. The third kappa shape index (κ3) is 4.34. The second kappa shape index (κ2) is 8.77. The van der Waals surface area contributed by atoms with Crippen LogP contribution in [0.3, 0.4) is 0 Å². The maximum atomic E-state index is 12.7. The largest absolute Gasteiger partial charge is 0.399 e. The van der Waals surface area contributed by atoms with E-state index in [9.17, 15) is 9.59 Å². The molecule has 0 fully saturated rings. The number of rotatable bonds is 6. The van der Waals surface area contributed by atoms with Crippen molar-refractivity contribution in [2.24, 2.45) is 0 Å². The van der Waals surface area contributed by atoms with E-state index in [0.29, 0.717) is 24.5 Å². The third-order valence-corrected chi connectivity index (χ3v) is 4.47. The first-order valence-corrected chi connectivity index (χ1v) is 8.85. The van der Waals surface area contributed by atoms with Crippen LogP contribution in [0.1, 0.15) is 25.3 Å². The number of hydrogen-bond donors (Lipinski definition) is 2. The topological polar surface area (TPSA) is 82.0 Å². The van der Waals surface area contributed by atoms with Gasteiger partial charge in [-0.2, -0.15) is 0 Å². The molecule has 144 valence electrons. The van der Waals surface area contributed by atoms with E-state index in [1.807, 2.05) is 44.2 Å². The van der Waals surface area contributed by atoms with Crippen LogP contribution in [0.5, 0.6) is 0 Å². The van der Waals surface area contributed by atoms with Crippen molar-refractivity contribution in [1.82, 2.24) is 9.13 Å². The number of halogens is 1. The first-order valence-electron chi connectivity index (χ1n) is 8.85. The standard InChI is InChI=1S/C20H24N4O2.ClH/c1-3-11-23-17-6-4-5-7-18(17)24(20(23)26)12-10-19(25)22-16-13-15(21)9-8-14(16)2;/h4-9,13H,3,10-12,21H2,1-2H3,(H,22,25);1H. The molecule has 27 heavy (non-hydrogen) atoms. The second-order valence-electron chi connectivity index (χ2n) is 6.45. The van der Waals surface area contributed by atoms with Crippen LogP contribution < -0.4 is 16.7 Å². The van der Waals surface area contributed by atoms with Crippen LogP contribution in [-0.4, -0.2) is 15.0 Å². The second-order valence-corrected chi connectivity index (χ2v) is 6.45. The average molecular weight is 389 g/mol. The molecule has 1 amide bonds. The predicted octanol–water partition coefficient (Wildman–Crippen LogP) is 3.55. The minimum absolute atomic E-state index is 0. The van der Waals surface area contributed by atoms with E-state index in [-0.39, 0.29) is 30.4 Å². The van der Waals surface area contributed by atoms with E-state index in [0.717, 1.165) is 23.0 Å². The van der Waals surface area contributed by atoms with Gasteiger partial charge in [0.2, 0.25) is 5.91 Å². The van der Waals surface area contributed by atoms with Crippen molar-refractivity contribution in [3.8, 4) is 0 Å². The summed E-state index contributed by atoms with van der Waals surface area (Å²) in [7, 11) is 0. The molecule has 0 spiro atoms. The van der Waals surface area contributed by atoms with Gasteiger partial charge in [-0.15, -0.1) is 12.4 Å². The Bertz CT molecular complexity index is 1010. The summed E-state index contributed by atoms with van der Waals surface area (Å²) < 4.78 is 3.45. The van der Waals surface area contributed by atoms with Crippen molar-refractivity contribution in [3.63, 3.8) is 0 Å². The summed E-state index contributed by atoms with van der Waals surface area (Å²) in [5, 5.41) is 2.88. The maximum absolute atomic E-state index is 12.7. The van der Waals surface area contributed by atoms with Crippen LogP contribution in [0.25, 0.3) is 11.0 Å². The van der Waals surface area contributed by atoms with Crippen LogP contribution in [0.4, 0.5) is 11.4 Å². The van der Waals surface area contributed by atoms with Gasteiger partial charge >= 0.3 is 5.69 Å². The predicted molar refractivity (Wildman–Crippen MR) is 113 cm³/mol. The van der Waals surface area contributed by atoms with Crippen molar-refractivity contribution in [2.45, 2.75) is 39.8 Å². The smallest absolute Gasteiger partial charge is 0.329 e. The summed E-state index contributed by atoms with van der Waals surface area (Å²) in [6.07, 6.45) is 1.09. The van der Waals surface area contributed by atoms with Crippen molar-refractivity contribution < 1.29 is 4.79 Å². The van der Waals surface area contributed by atoms with Crippen molar-refractivity contribution in [1.29, 1.82) is 0 Å². The molecule has 0 bridgehead atoms. The molecule has 7 heteroatoms. The highest BCUT2D eigenvalue weighted by atomic mass is 35.5. The number of amides is 1. The molecule has 1 heterocycles. The molecule has 3 rings (SSSR count). The number of para-hydroxylation sites is 2. The first-order chi connectivity index (χ1) is 12.5. The Kier molecular flexibility index (Phi) is 6.69. The van der Waals surface area contributed by atoms with Crippen molar-refractivity contribution in [2.75, 3.05) is 11.1 Å². The summed E-state index contributed by atoms with van der Waals surface area (Å²) in [4.78, 5) is 25.1. The Balaban J connectivity index is 0.00000261. The summed E-state index contributed by atoms with van der Waals surface area (Å²) in [6, 6.07) is 13.1. The quantitative estimate of drug-likeness (QED) is 0.633. The minimum atomic E-state index is -0.141. The van der Waals surface area contributed by atoms with Gasteiger partial charge in [0.05, 0.1) is 11.0 Å². The first kappa shape index (κ1) is 20.6. The van der Waals surface area contributed by atoms with Gasteiger partial charge < -0.3 is 11.1 Å². The van der Waals surface area contributed by atoms with Gasteiger partial charge in [-0.3, -0.25) is 13.9 Å². The molecule has 0 saturated carbocycles. The molecule has 3 N–H and O–H groups in total. The Morgan fingerprint density at radius 3 is 2.33 bits per heavy atom. The lowest BCUT2D eigenvalue weighted by Crippen LogP contribution is -2.26. The van der Waals surface area contributed by atoms with Gasteiger partial charge in [0, 0.05) is 30.9 Å². The number of fused-ring (bicyclic) bond motifs is 1. The molecule has 0 aliphatic carbocycles. The number of nitrogens with one attached hydrogen (secondary N) is 1. The Morgan fingerprint density at radius 2 is 1.70 bits per heavy atom. The van der Waals surface area contributed by atoms with Crippen LogP contribution in [0, 0.1) is 6.92 Å². The Hall–Kier alpha value is -2.73. The summed E-state index contributed by atoms with van der Waals surface area (Å²) in [5.74, 6) is -0.141.